The van der Waals surface area contributed by atoms with E-state index in [0.29, 0.717) is 5.82 Å². The van der Waals surface area contributed by atoms with Crippen LogP contribution in [0.25, 0.3) is 11.1 Å². The van der Waals surface area contributed by atoms with E-state index in [-0.39, 0.29) is 12.6 Å². The summed E-state index contributed by atoms with van der Waals surface area (Å²) in [7, 11) is 1.94. The molecule has 0 aliphatic carbocycles. The summed E-state index contributed by atoms with van der Waals surface area (Å²) in [6, 6.07) is 9.99. The summed E-state index contributed by atoms with van der Waals surface area (Å²) < 4.78 is 4.23. The molecule has 4 nitrogen and oxygen atoms in total. The Hall–Kier alpha value is -1.59. The minimum atomic E-state index is 0.0345. The van der Waals surface area contributed by atoms with Crippen LogP contribution in [-0.4, -0.2) is 29.2 Å². The molecule has 1 heterocycles. The Morgan fingerprint density at radius 1 is 1.39 bits per heavy atom. The van der Waals surface area contributed by atoms with Gasteiger partial charge in [0.25, 0.3) is 0 Å². The summed E-state index contributed by atoms with van der Waals surface area (Å²) in [5.74, 6) is 0.540. The van der Waals surface area contributed by atoms with Gasteiger partial charge in [-0.25, -0.2) is 0 Å². The zero-order valence-electron chi connectivity index (χ0n) is 10.5. The van der Waals surface area contributed by atoms with Crippen LogP contribution in [0.1, 0.15) is 6.92 Å². The summed E-state index contributed by atoms with van der Waals surface area (Å²) in [5, 5.41) is 10.2. The van der Waals surface area contributed by atoms with Crippen LogP contribution in [0.2, 0.25) is 0 Å². The van der Waals surface area contributed by atoms with Crippen molar-refractivity contribution in [1.29, 1.82) is 0 Å². The normalized spacial score (nSPS) is 12.4. The van der Waals surface area contributed by atoms with Crippen molar-refractivity contribution in [2.24, 2.45) is 0 Å². The zero-order valence-corrected chi connectivity index (χ0v) is 11.3. The molecule has 1 aromatic heterocycles. The number of hydrogen-bond donors (Lipinski definition) is 2. The van der Waals surface area contributed by atoms with Gasteiger partial charge in [0.05, 0.1) is 12.2 Å². The highest BCUT2D eigenvalue weighted by atomic mass is 32.1. The van der Waals surface area contributed by atoms with Crippen molar-refractivity contribution in [2.45, 2.75) is 13.0 Å². The van der Waals surface area contributed by atoms with Crippen molar-refractivity contribution in [3.63, 3.8) is 0 Å². The van der Waals surface area contributed by atoms with Gasteiger partial charge in [-0.15, -0.1) is 0 Å². The van der Waals surface area contributed by atoms with E-state index in [0.717, 1.165) is 16.1 Å². The van der Waals surface area contributed by atoms with E-state index in [9.17, 15) is 5.11 Å². The smallest absolute Gasteiger partial charge is 0.147 e. The van der Waals surface area contributed by atoms with Gasteiger partial charge in [0, 0.05) is 13.1 Å². The standard InChI is InChI=1S/C13H17N3OS/c1-9(8-17)16(2)13-11(12(14)15-18-13)10-6-4-3-5-7-10/h3-7,9,17H,8H2,1-2H3,(H2,14,15). The van der Waals surface area contributed by atoms with Crippen LogP contribution in [0.15, 0.2) is 30.3 Å². The van der Waals surface area contributed by atoms with Crippen molar-refractivity contribution in [3.05, 3.63) is 30.3 Å². The molecule has 2 rings (SSSR count). The lowest BCUT2D eigenvalue weighted by Gasteiger charge is -2.24. The second-order valence-electron chi connectivity index (χ2n) is 4.26. The SMILES string of the molecule is CC(CO)N(C)c1snc(N)c1-c1ccccc1. The summed E-state index contributed by atoms with van der Waals surface area (Å²) in [5.41, 5.74) is 7.96. The molecule has 0 spiro atoms. The Labute approximate surface area is 111 Å². The van der Waals surface area contributed by atoms with Crippen molar-refractivity contribution in [1.82, 2.24) is 4.37 Å². The molecule has 96 valence electrons. The van der Waals surface area contributed by atoms with Gasteiger partial charge >= 0.3 is 0 Å². The molecule has 2 aromatic rings. The molecule has 0 saturated carbocycles. The number of hydrogen-bond acceptors (Lipinski definition) is 5. The predicted molar refractivity (Wildman–Crippen MR) is 76.9 cm³/mol. The first-order chi connectivity index (χ1) is 8.65. The summed E-state index contributed by atoms with van der Waals surface area (Å²) in [6.07, 6.45) is 0. The lowest BCUT2D eigenvalue weighted by Crippen LogP contribution is -2.31. The first kappa shape index (κ1) is 12.9. The van der Waals surface area contributed by atoms with E-state index in [1.807, 2.05) is 49.2 Å². The maximum atomic E-state index is 9.25. The fraction of sp³-hybridized carbons (Fsp3) is 0.308. The number of nitrogens with two attached hydrogens (primary N) is 1. The number of rotatable bonds is 4. The molecule has 0 aliphatic heterocycles. The van der Waals surface area contributed by atoms with Crippen LogP contribution >= 0.6 is 11.5 Å². The average Bonchev–Trinajstić information content (AvgIpc) is 2.79. The third-order valence-electron chi connectivity index (χ3n) is 3.01. The average molecular weight is 263 g/mol. The first-order valence-electron chi connectivity index (χ1n) is 5.79. The van der Waals surface area contributed by atoms with E-state index in [1.165, 1.54) is 11.5 Å². The molecule has 0 amide bonds. The highest BCUT2D eigenvalue weighted by Gasteiger charge is 2.19. The number of anilines is 2. The van der Waals surface area contributed by atoms with Crippen LogP contribution in [0, 0.1) is 0 Å². The van der Waals surface area contributed by atoms with Crippen molar-refractivity contribution in [2.75, 3.05) is 24.3 Å². The summed E-state index contributed by atoms with van der Waals surface area (Å²) in [6.45, 7) is 2.06. The van der Waals surface area contributed by atoms with Crippen LogP contribution in [-0.2, 0) is 0 Å². The number of nitrogens with zero attached hydrogens (tertiary/aromatic N) is 2. The van der Waals surface area contributed by atoms with E-state index in [2.05, 4.69) is 4.37 Å². The molecule has 0 bridgehead atoms. The fourth-order valence-corrected chi connectivity index (χ4v) is 2.63. The predicted octanol–water partition coefficient (Wildman–Crippen LogP) is 2.21. The molecule has 18 heavy (non-hydrogen) atoms. The molecule has 5 heteroatoms. The number of aromatic nitrogens is 1. The highest BCUT2D eigenvalue weighted by Crippen LogP contribution is 2.39. The van der Waals surface area contributed by atoms with E-state index < -0.39 is 0 Å². The van der Waals surface area contributed by atoms with Gasteiger partial charge in [-0.05, 0) is 24.0 Å². The lowest BCUT2D eigenvalue weighted by molar-refractivity contribution is 0.270. The van der Waals surface area contributed by atoms with Crippen LogP contribution < -0.4 is 10.6 Å². The molecular weight excluding hydrogens is 246 g/mol. The van der Waals surface area contributed by atoms with Gasteiger partial charge in [-0.2, -0.15) is 4.37 Å². The second-order valence-corrected chi connectivity index (χ2v) is 5.01. The van der Waals surface area contributed by atoms with Crippen LogP contribution in [0.4, 0.5) is 10.8 Å². The van der Waals surface area contributed by atoms with E-state index >= 15 is 0 Å². The van der Waals surface area contributed by atoms with Crippen LogP contribution in [0.5, 0.6) is 0 Å². The summed E-state index contributed by atoms with van der Waals surface area (Å²) >= 11 is 1.36. The van der Waals surface area contributed by atoms with Crippen molar-refractivity contribution < 1.29 is 5.11 Å². The number of aliphatic hydroxyl groups excluding tert-OH is 1. The number of aliphatic hydroxyl groups is 1. The Morgan fingerprint density at radius 2 is 2.06 bits per heavy atom. The highest BCUT2D eigenvalue weighted by molar-refractivity contribution is 7.11. The monoisotopic (exact) mass is 263 g/mol. The van der Waals surface area contributed by atoms with Gasteiger partial charge in [-0.1, -0.05) is 30.3 Å². The topological polar surface area (TPSA) is 62.4 Å². The molecular formula is C13H17N3OS. The molecule has 0 radical (unpaired) electrons. The Morgan fingerprint density at radius 3 is 2.67 bits per heavy atom. The van der Waals surface area contributed by atoms with E-state index in [1.54, 1.807) is 0 Å². The Kier molecular flexibility index (Phi) is 3.84. The molecule has 1 atom stereocenters. The van der Waals surface area contributed by atoms with Crippen molar-refractivity contribution >= 4 is 22.4 Å². The minimum absolute atomic E-state index is 0.0345. The van der Waals surface area contributed by atoms with Crippen molar-refractivity contribution in [3.8, 4) is 11.1 Å². The van der Waals surface area contributed by atoms with E-state index in [4.69, 9.17) is 5.73 Å². The Bertz CT molecular complexity index is 512. The maximum absolute atomic E-state index is 9.25. The number of likely N-dealkylation sites (N-methyl/N-ethyl adjacent to an activating group) is 1. The third-order valence-corrected chi connectivity index (χ3v) is 3.96. The first-order valence-corrected chi connectivity index (χ1v) is 6.56. The van der Waals surface area contributed by atoms with Gasteiger partial charge in [0.15, 0.2) is 0 Å². The van der Waals surface area contributed by atoms with Gasteiger partial charge in [-0.3, -0.25) is 0 Å². The zero-order chi connectivity index (χ0) is 13.1. The Balaban J connectivity index is 2.45. The minimum Gasteiger partial charge on any atom is -0.394 e. The molecule has 1 aromatic carbocycles. The number of benzene rings is 1. The second kappa shape index (κ2) is 5.37. The van der Waals surface area contributed by atoms with Gasteiger partial charge in [0.2, 0.25) is 0 Å². The third kappa shape index (κ3) is 2.32. The van der Waals surface area contributed by atoms with Crippen LogP contribution in [0.3, 0.4) is 0 Å². The largest absolute Gasteiger partial charge is 0.394 e. The molecule has 0 saturated heterocycles. The van der Waals surface area contributed by atoms with Gasteiger partial charge in [0.1, 0.15) is 10.8 Å². The molecule has 1 unspecified atom stereocenters. The molecule has 0 aliphatic rings. The quantitative estimate of drug-likeness (QED) is 0.887. The fourth-order valence-electron chi connectivity index (χ4n) is 1.73. The maximum Gasteiger partial charge on any atom is 0.147 e. The lowest BCUT2D eigenvalue weighted by atomic mass is 10.1. The summed E-state index contributed by atoms with van der Waals surface area (Å²) in [4.78, 5) is 2.01. The molecule has 3 N–H and O–H groups in total. The number of nitrogen functional groups attached to an aromatic ring is 1. The van der Waals surface area contributed by atoms with Gasteiger partial charge < -0.3 is 15.7 Å². The molecule has 0 fully saturated rings.